The van der Waals surface area contributed by atoms with Crippen LogP contribution in [0.15, 0.2) is 30.3 Å². The fourth-order valence-electron chi connectivity index (χ4n) is 4.03. The number of nitrogens with one attached hydrogen (secondary N) is 1. The summed E-state index contributed by atoms with van der Waals surface area (Å²) in [6, 6.07) is 9.24. The van der Waals surface area contributed by atoms with Crippen molar-refractivity contribution >= 4 is 18.9 Å². The molecule has 34 heavy (non-hydrogen) atoms. The van der Waals surface area contributed by atoms with Crippen molar-refractivity contribution in [3.63, 3.8) is 0 Å². The third-order valence-electron chi connectivity index (χ3n) is 5.92. The highest BCUT2D eigenvalue weighted by Gasteiger charge is 2.28. The number of amides is 2. The highest BCUT2D eigenvalue weighted by atomic mass is 31.2. The molecule has 0 saturated carbocycles. The van der Waals surface area contributed by atoms with E-state index in [1.54, 1.807) is 4.90 Å². The van der Waals surface area contributed by atoms with Gasteiger partial charge in [-0.05, 0) is 38.8 Å². The number of anilines is 1. The Hall–Kier alpha value is -1.36. The van der Waals surface area contributed by atoms with Crippen molar-refractivity contribution in [1.82, 2.24) is 4.90 Å². The van der Waals surface area contributed by atoms with Gasteiger partial charge in [0.15, 0.2) is 6.29 Å². The molecule has 0 bridgehead atoms. The number of hydrogen-bond donors (Lipinski definition) is 1. The molecule has 1 N–H and O–H groups in total. The maximum Gasteiger partial charge on any atom is 0.322 e. The summed E-state index contributed by atoms with van der Waals surface area (Å²) in [5, 5.41) is 2.99. The summed E-state index contributed by atoms with van der Waals surface area (Å²) in [4.78, 5) is 15.0. The lowest BCUT2D eigenvalue weighted by Crippen LogP contribution is -2.39. The lowest BCUT2D eigenvalue weighted by atomic mass is 10.2. The van der Waals surface area contributed by atoms with E-state index >= 15 is 0 Å². The second-order valence-corrected chi connectivity index (χ2v) is 12.3. The first-order chi connectivity index (χ1) is 16.5. The molecule has 1 aromatic rings. The zero-order chi connectivity index (χ0) is 25.1. The molecule has 1 aromatic carbocycles. The van der Waals surface area contributed by atoms with E-state index in [1.807, 2.05) is 44.2 Å². The number of carbonyl (C=O) groups excluding carboxylic acids is 1. The van der Waals surface area contributed by atoms with E-state index in [4.69, 9.17) is 9.47 Å². The summed E-state index contributed by atoms with van der Waals surface area (Å²) >= 11 is 0. The molecule has 0 spiro atoms. The SMILES string of the molecule is CCCCCCP(=O)(CCCCCC)CN(CCC(OCC)OCC)C(=O)Nc1ccccc1. The largest absolute Gasteiger partial charge is 0.353 e. The lowest BCUT2D eigenvalue weighted by Gasteiger charge is -2.30. The van der Waals surface area contributed by atoms with E-state index in [2.05, 4.69) is 19.2 Å². The number of ether oxygens (including phenoxy) is 2. The summed E-state index contributed by atoms with van der Waals surface area (Å²) in [5.41, 5.74) is 0.740. The molecule has 0 fully saturated rings. The first-order valence-corrected chi connectivity index (χ1v) is 15.7. The third kappa shape index (κ3) is 13.5. The number of urea groups is 1. The Bertz CT molecular complexity index is 664. The highest BCUT2D eigenvalue weighted by molar-refractivity contribution is 7.63. The van der Waals surface area contributed by atoms with Crippen LogP contribution in [0.1, 0.15) is 85.5 Å². The van der Waals surface area contributed by atoms with E-state index < -0.39 is 7.14 Å². The van der Waals surface area contributed by atoms with Gasteiger partial charge in [0.2, 0.25) is 0 Å². The molecule has 0 unspecified atom stereocenters. The third-order valence-corrected chi connectivity index (χ3v) is 9.04. The maximum absolute atomic E-state index is 14.1. The number of benzene rings is 1. The molecule has 2 amide bonds. The average Bonchev–Trinajstić information content (AvgIpc) is 2.83. The Balaban J connectivity index is 2.96. The van der Waals surface area contributed by atoms with E-state index in [0.717, 1.165) is 44.2 Å². The van der Waals surface area contributed by atoms with Crippen LogP contribution in [0.3, 0.4) is 0 Å². The number of hydrogen-bond acceptors (Lipinski definition) is 4. The number of rotatable bonds is 20. The molecule has 0 aromatic heterocycles. The van der Waals surface area contributed by atoms with Gasteiger partial charge in [0.25, 0.3) is 0 Å². The number of carbonyl (C=O) groups is 1. The van der Waals surface area contributed by atoms with Crippen molar-refractivity contribution in [2.24, 2.45) is 0 Å². The first-order valence-electron chi connectivity index (χ1n) is 13.4. The molecule has 6 nitrogen and oxygen atoms in total. The van der Waals surface area contributed by atoms with Crippen molar-refractivity contribution in [3.05, 3.63) is 30.3 Å². The van der Waals surface area contributed by atoms with Crippen LogP contribution in [-0.4, -0.2) is 55.6 Å². The van der Waals surface area contributed by atoms with Gasteiger partial charge in [-0.25, -0.2) is 4.79 Å². The van der Waals surface area contributed by atoms with E-state index in [9.17, 15) is 9.36 Å². The van der Waals surface area contributed by atoms with Crippen molar-refractivity contribution in [1.29, 1.82) is 0 Å². The van der Waals surface area contributed by atoms with Crippen molar-refractivity contribution in [3.8, 4) is 0 Å². The van der Waals surface area contributed by atoms with Crippen molar-refractivity contribution < 1.29 is 18.8 Å². The van der Waals surface area contributed by atoms with Crippen LogP contribution in [0.25, 0.3) is 0 Å². The maximum atomic E-state index is 14.1. The Morgan fingerprint density at radius 2 is 1.44 bits per heavy atom. The van der Waals surface area contributed by atoms with Crippen LogP contribution in [0.4, 0.5) is 10.5 Å². The first kappa shape index (κ1) is 30.7. The molecule has 0 aliphatic heterocycles. The van der Waals surface area contributed by atoms with E-state index in [0.29, 0.717) is 44.8 Å². The fraction of sp³-hybridized carbons (Fsp3) is 0.741. The molecular weight excluding hydrogens is 447 g/mol. The minimum atomic E-state index is -2.52. The molecular formula is C27H49N2O4P. The van der Waals surface area contributed by atoms with Gasteiger partial charge >= 0.3 is 6.03 Å². The summed E-state index contributed by atoms with van der Waals surface area (Å²) in [7, 11) is -2.52. The minimum Gasteiger partial charge on any atom is -0.353 e. The van der Waals surface area contributed by atoms with Crippen LogP contribution in [0.2, 0.25) is 0 Å². The summed E-state index contributed by atoms with van der Waals surface area (Å²) in [6.45, 7) is 9.79. The summed E-state index contributed by atoms with van der Waals surface area (Å²) in [6.07, 6.45) is 10.7. The Labute approximate surface area is 208 Å². The minimum absolute atomic E-state index is 0.208. The topological polar surface area (TPSA) is 67.9 Å². The average molecular weight is 497 g/mol. The van der Waals surface area contributed by atoms with Crippen LogP contribution < -0.4 is 5.32 Å². The molecule has 0 saturated heterocycles. The molecule has 0 aliphatic carbocycles. The molecule has 0 aliphatic rings. The second kappa shape index (κ2) is 18.9. The Kier molecular flexibility index (Phi) is 17.1. The number of unbranched alkanes of at least 4 members (excludes halogenated alkanes) is 6. The molecule has 0 radical (unpaired) electrons. The van der Waals surface area contributed by atoms with Crippen LogP contribution >= 0.6 is 7.14 Å². The van der Waals surface area contributed by atoms with Gasteiger partial charge in [-0.1, -0.05) is 70.6 Å². The number of para-hydroxylation sites is 1. The Morgan fingerprint density at radius 3 is 1.94 bits per heavy atom. The van der Waals surface area contributed by atoms with Gasteiger partial charge in [-0.2, -0.15) is 0 Å². The van der Waals surface area contributed by atoms with Crippen molar-refractivity contribution in [2.75, 3.05) is 43.7 Å². The smallest absolute Gasteiger partial charge is 0.322 e. The quantitative estimate of drug-likeness (QED) is 0.114. The van der Waals surface area contributed by atoms with Gasteiger partial charge < -0.3 is 24.3 Å². The Morgan fingerprint density at radius 1 is 0.882 bits per heavy atom. The van der Waals surface area contributed by atoms with E-state index in [1.165, 1.54) is 12.8 Å². The zero-order valence-electron chi connectivity index (χ0n) is 22.1. The van der Waals surface area contributed by atoms with Gasteiger partial charge in [0.05, 0.1) is 6.29 Å². The lowest BCUT2D eigenvalue weighted by molar-refractivity contribution is -0.140. The van der Waals surface area contributed by atoms with Gasteiger partial charge in [-0.3, -0.25) is 0 Å². The van der Waals surface area contributed by atoms with Crippen LogP contribution in [0, 0.1) is 0 Å². The van der Waals surface area contributed by atoms with Gasteiger partial charge in [0.1, 0.15) is 7.14 Å². The van der Waals surface area contributed by atoms with Crippen LogP contribution in [-0.2, 0) is 14.0 Å². The predicted molar refractivity (Wildman–Crippen MR) is 144 cm³/mol. The predicted octanol–water partition coefficient (Wildman–Crippen LogP) is 7.79. The fourth-order valence-corrected chi connectivity index (χ4v) is 7.02. The summed E-state index contributed by atoms with van der Waals surface area (Å²) in [5.74, 6) is 0. The van der Waals surface area contributed by atoms with Crippen molar-refractivity contribution in [2.45, 2.75) is 91.8 Å². The normalized spacial score (nSPS) is 11.7. The molecule has 1 rings (SSSR count). The molecule has 0 heterocycles. The molecule has 0 atom stereocenters. The summed E-state index contributed by atoms with van der Waals surface area (Å²) < 4.78 is 25.5. The van der Waals surface area contributed by atoms with Crippen LogP contribution in [0.5, 0.6) is 0 Å². The van der Waals surface area contributed by atoms with E-state index in [-0.39, 0.29) is 12.3 Å². The van der Waals surface area contributed by atoms with Gasteiger partial charge in [-0.15, -0.1) is 0 Å². The molecule has 196 valence electrons. The zero-order valence-corrected chi connectivity index (χ0v) is 23.0. The van der Waals surface area contributed by atoms with Gasteiger partial charge in [0, 0.05) is 44.2 Å². The monoisotopic (exact) mass is 496 g/mol. The highest BCUT2D eigenvalue weighted by Crippen LogP contribution is 2.48. The second-order valence-electron chi connectivity index (χ2n) is 8.96. The molecule has 7 heteroatoms. The number of nitrogens with zero attached hydrogens (tertiary/aromatic N) is 1. The standard InChI is InChI=1S/C27H49N2O4P/c1-5-9-11-16-22-34(31,23-17-12-10-6-2)24-29(21-20-26(32-7-3)33-8-4)27(30)28-25-18-14-13-15-19-25/h13-15,18-19,26H,5-12,16-17,20-24H2,1-4H3,(H,28,30).